The molecule has 2 aromatic carbocycles. The molecule has 3 aromatic rings. The minimum Gasteiger partial charge on any atom is -0.360 e. The number of rotatable bonds is 3. The monoisotopic (exact) mass is 356 g/mol. The third-order valence-electron chi connectivity index (χ3n) is 3.51. The maximum absolute atomic E-state index is 13.4. The highest BCUT2D eigenvalue weighted by Crippen LogP contribution is 2.30. The first-order chi connectivity index (χ1) is 10.8. The van der Waals surface area contributed by atoms with Gasteiger partial charge in [-0.2, -0.15) is 0 Å². The van der Waals surface area contributed by atoms with Crippen molar-refractivity contribution < 1.29 is 17.2 Å². The molecule has 1 heterocycles. The Morgan fingerprint density at radius 1 is 1.09 bits per heavy atom. The molecule has 1 N–H and O–H groups in total. The van der Waals surface area contributed by atoms with Gasteiger partial charge in [0, 0.05) is 35.2 Å². The van der Waals surface area contributed by atoms with Crippen LogP contribution in [0.5, 0.6) is 0 Å². The minimum atomic E-state index is -3.95. The third-order valence-corrected chi connectivity index (χ3v) is 5.57. The largest absolute Gasteiger partial charge is 0.360 e. The number of benzene rings is 2. The normalized spacial score (nSPS) is 11.8. The molecular weight excluding hydrogens is 346 g/mol. The van der Waals surface area contributed by atoms with Crippen molar-refractivity contribution in [3.8, 4) is 0 Å². The average Bonchev–Trinajstić information content (AvgIpc) is 2.92. The molecule has 0 aliphatic carbocycles. The Labute approximate surface area is 136 Å². The number of hydrogen-bond acceptors (Lipinski definition) is 2. The summed E-state index contributed by atoms with van der Waals surface area (Å²) in [4.78, 5) is 2.86. The van der Waals surface area contributed by atoms with Crippen molar-refractivity contribution in [1.29, 1.82) is 0 Å². The van der Waals surface area contributed by atoms with Crippen molar-refractivity contribution in [1.82, 2.24) is 4.98 Å². The second-order valence-electron chi connectivity index (χ2n) is 4.91. The number of sulfonamides is 1. The molecule has 0 unspecified atom stereocenters. The molecule has 0 amide bonds. The van der Waals surface area contributed by atoms with Gasteiger partial charge in [0.1, 0.15) is 4.90 Å². The highest BCUT2D eigenvalue weighted by atomic mass is 35.5. The van der Waals surface area contributed by atoms with E-state index in [1.165, 1.54) is 19.3 Å². The summed E-state index contributed by atoms with van der Waals surface area (Å²) < 4.78 is 52.8. The van der Waals surface area contributed by atoms with E-state index in [0.717, 1.165) is 16.4 Å². The summed E-state index contributed by atoms with van der Waals surface area (Å²) in [5, 5.41) is 0.932. The Kier molecular flexibility index (Phi) is 3.77. The number of aromatic amines is 1. The first-order valence-electron chi connectivity index (χ1n) is 6.51. The number of halogens is 3. The predicted octanol–water partition coefficient (Wildman–Crippen LogP) is 3.92. The van der Waals surface area contributed by atoms with E-state index in [1.807, 2.05) is 0 Å². The zero-order valence-corrected chi connectivity index (χ0v) is 13.4. The van der Waals surface area contributed by atoms with Crippen molar-refractivity contribution in [3.63, 3.8) is 0 Å². The zero-order chi connectivity index (χ0) is 16.8. The molecular formula is C15H11ClF2N2O2S. The van der Waals surface area contributed by atoms with Gasteiger partial charge in [-0.25, -0.2) is 17.2 Å². The summed E-state index contributed by atoms with van der Waals surface area (Å²) in [6, 6.07) is 7.67. The summed E-state index contributed by atoms with van der Waals surface area (Å²) >= 11 is 5.88. The van der Waals surface area contributed by atoms with Crippen LogP contribution in [0.2, 0.25) is 5.02 Å². The fourth-order valence-electron chi connectivity index (χ4n) is 2.25. The highest BCUT2D eigenvalue weighted by Gasteiger charge is 2.25. The molecule has 0 atom stereocenters. The number of fused-ring (bicyclic) bond motifs is 1. The lowest BCUT2D eigenvalue weighted by molar-refractivity contribution is 0.509. The fraction of sp³-hybridized carbons (Fsp3) is 0.0667. The Balaban J connectivity index is 2.10. The molecule has 0 saturated carbocycles. The Morgan fingerprint density at radius 3 is 2.52 bits per heavy atom. The molecule has 23 heavy (non-hydrogen) atoms. The lowest BCUT2D eigenvalue weighted by Gasteiger charge is -2.19. The second-order valence-corrected chi connectivity index (χ2v) is 7.29. The average molecular weight is 357 g/mol. The van der Waals surface area contributed by atoms with E-state index in [4.69, 9.17) is 11.6 Å². The Hall–Kier alpha value is -2.12. The summed E-state index contributed by atoms with van der Waals surface area (Å²) in [6.45, 7) is 0. The molecule has 8 heteroatoms. The van der Waals surface area contributed by atoms with Crippen molar-refractivity contribution in [2.24, 2.45) is 0 Å². The quantitative estimate of drug-likeness (QED) is 0.773. The summed E-state index contributed by atoms with van der Waals surface area (Å²) in [6.07, 6.45) is 1.34. The maximum atomic E-state index is 13.4. The Morgan fingerprint density at radius 2 is 1.83 bits per heavy atom. The van der Waals surface area contributed by atoms with Gasteiger partial charge in [-0.3, -0.25) is 4.31 Å². The highest BCUT2D eigenvalue weighted by molar-refractivity contribution is 7.93. The number of aromatic nitrogens is 1. The maximum Gasteiger partial charge on any atom is 0.266 e. The summed E-state index contributed by atoms with van der Waals surface area (Å²) in [5.41, 5.74) is 0.585. The molecule has 0 aliphatic rings. The molecule has 0 saturated heterocycles. The van der Waals surface area contributed by atoms with Crippen LogP contribution >= 0.6 is 11.6 Å². The van der Waals surface area contributed by atoms with Gasteiger partial charge in [0.25, 0.3) is 10.0 Å². The van der Waals surface area contributed by atoms with Gasteiger partial charge in [-0.15, -0.1) is 0 Å². The van der Waals surface area contributed by atoms with Gasteiger partial charge < -0.3 is 4.98 Å². The molecule has 120 valence electrons. The van der Waals surface area contributed by atoms with Crippen LogP contribution in [0.4, 0.5) is 14.5 Å². The number of nitrogens with one attached hydrogen (secondary N) is 1. The minimum absolute atomic E-state index is 0.0206. The molecule has 4 nitrogen and oxygen atoms in total. The first-order valence-corrected chi connectivity index (χ1v) is 8.33. The smallest absolute Gasteiger partial charge is 0.266 e. The number of nitrogens with zero attached hydrogens (tertiary/aromatic N) is 1. The van der Waals surface area contributed by atoms with Crippen molar-refractivity contribution in [2.75, 3.05) is 11.4 Å². The number of H-pyrrole nitrogens is 1. The van der Waals surface area contributed by atoms with Gasteiger partial charge >= 0.3 is 0 Å². The third kappa shape index (κ3) is 2.66. The molecule has 0 fully saturated rings. The van der Waals surface area contributed by atoms with Crippen LogP contribution in [-0.2, 0) is 10.0 Å². The van der Waals surface area contributed by atoms with Crippen molar-refractivity contribution in [3.05, 3.63) is 59.3 Å². The number of hydrogen-bond donors (Lipinski definition) is 1. The SMILES string of the molecule is CN(c1ccc(F)c(F)c1)S(=O)(=O)c1c[nH]c2cc(Cl)ccc12. The van der Waals surface area contributed by atoms with E-state index in [2.05, 4.69) is 4.98 Å². The summed E-state index contributed by atoms with van der Waals surface area (Å²) in [7, 11) is -2.67. The van der Waals surface area contributed by atoms with Crippen LogP contribution in [0, 0.1) is 11.6 Å². The van der Waals surface area contributed by atoms with Crippen LogP contribution in [-0.4, -0.2) is 20.4 Å². The van der Waals surface area contributed by atoms with Gasteiger partial charge in [0.2, 0.25) is 0 Å². The van der Waals surface area contributed by atoms with Crippen LogP contribution in [0.25, 0.3) is 10.9 Å². The predicted molar refractivity (Wildman–Crippen MR) is 85.3 cm³/mol. The van der Waals surface area contributed by atoms with Gasteiger partial charge in [0.05, 0.1) is 5.69 Å². The molecule has 0 radical (unpaired) electrons. The van der Waals surface area contributed by atoms with Gasteiger partial charge in [-0.1, -0.05) is 11.6 Å². The second kappa shape index (κ2) is 5.50. The molecule has 0 aliphatic heterocycles. The van der Waals surface area contributed by atoms with Crippen molar-refractivity contribution in [2.45, 2.75) is 4.90 Å². The van der Waals surface area contributed by atoms with Gasteiger partial charge in [0.15, 0.2) is 11.6 Å². The standard InChI is InChI=1S/C15H11ClF2N2O2S/c1-20(10-3-5-12(17)13(18)7-10)23(21,22)15-8-19-14-6-9(16)2-4-11(14)15/h2-8,19H,1H3. The molecule has 3 rings (SSSR count). The van der Waals surface area contributed by atoms with Crippen LogP contribution in [0.1, 0.15) is 0 Å². The van der Waals surface area contributed by atoms with Crippen molar-refractivity contribution >= 4 is 38.2 Å². The number of anilines is 1. The van der Waals surface area contributed by atoms with E-state index >= 15 is 0 Å². The lowest BCUT2D eigenvalue weighted by Crippen LogP contribution is -2.26. The van der Waals surface area contributed by atoms with E-state index in [-0.39, 0.29) is 10.6 Å². The first kappa shape index (κ1) is 15.8. The van der Waals surface area contributed by atoms with E-state index in [9.17, 15) is 17.2 Å². The fourth-order valence-corrected chi connectivity index (χ4v) is 3.77. The lowest BCUT2D eigenvalue weighted by atomic mass is 10.2. The zero-order valence-electron chi connectivity index (χ0n) is 11.8. The molecule has 0 bridgehead atoms. The topological polar surface area (TPSA) is 53.2 Å². The van der Waals surface area contributed by atoms with E-state index in [1.54, 1.807) is 18.2 Å². The summed E-state index contributed by atoms with van der Waals surface area (Å²) in [5.74, 6) is -2.16. The van der Waals surface area contributed by atoms with Crippen LogP contribution < -0.4 is 4.31 Å². The van der Waals surface area contributed by atoms with Crippen LogP contribution in [0.15, 0.2) is 47.5 Å². The van der Waals surface area contributed by atoms with E-state index < -0.39 is 21.7 Å². The Bertz CT molecular complexity index is 1000. The van der Waals surface area contributed by atoms with E-state index in [0.29, 0.717) is 15.9 Å². The molecule has 1 aromatic heterocycles. The van der Waals surface area contributed by atoms with Crippen LogP contribution in [0.3, 0.4) is 0 Å². The molecule has 0 spiro atoms. The van der Waals surface area contributed by atoms with Gasteiger partial charge in [-0.05, 0) is 30.3 Å².